The van der Waals surface area contributed by atoms with Crippen molar-refractivity contribution in [1.82, 2.24) is 20.2 Å². The molecule has 2 heterocycles. The second kappa shape index (κ2) is 4.50. The highest BCUT2D eigenvalue weighted by Gasteiger charge is 2.09. The normalized spacial score (nSPS) is 10.6. The number of hydrogen-bond acceptors (Lipinski definition) is 6. The molecule has 0 amide bonds. The smallest absolute Gasteiger partial charge is 0.241 e. The Labute approximate surface area is 107 Å². The Bertz CT molecular complexity index is 724. The van der Waals surface area contributed by atoms with Gasteiger partial charge in [0, 0.05) is 5.69 Å². The third-order valence-electron chi connectivity index (χ3n) is 2.53. The molecule has 96 valence electrons. The van der Waals surface area contributed by atoms with E-state index in [0.29, 0.717) is 22.5 Å². The summed E-state index contributed by atoms with van der Waals surface area (Å²) < 4.78 is 13.1. The van der Waals surface area contributed by atoms with E-state index in [1.54, 1.807) is 18.3 Å². The SMILES string of the molecule is NNc1nc(Nc2cccc(F)c2)c2cn[nH]c2n1. The van der Waals surface area contributed by atoms with Crippen LogP contribution in [0.4, 0.5) is 21.8 Å². The minimum atomic E-state index is -0.334. The number of nitrogens with zero attached hydrogens (tertiary/aromatic N) is 3. The van der Waals surface area contributed by atoms with Crippen molar-refractivity contribution in [2.24, 2.45) is 5.84 Å². The van der Waals surface area contributed by atoms with E-state index in [2.05, 4.69) is 30.9 Å². The summed E-state index contributed by atoms with van der Waals surface area (Å²) in [6.07, 6.45) is 1.58. The summed E-state index contributed by atoms with van der Waals surface area (Å²) in [6.45, 7) is 0. The first-order valence-electron chi connectivity index (χ1n) is 5.46. The van der Waals surface area contributed by atoms with Crippen LogP contribution in [0.3, 0.4) is 0 Å². The van der Waals surface area contributed by atoms with Gasteiger partial charge in [-0.3, -0.25) is 10.5 Å². The van der Waals surface area contributed by atoms with Crippen molar-refractivity contribution in [2.75, 3.05) is 10.7 Å². The van der Waals surface area contributed by atoms with Gasteiger partial charge in [0.15, 0.2) is 5.65 Å². The van der Waals surface area contributed by atoms with Gasteiger partial charge in [-0.2, -0.15) is 15.1 Å². The Morgan fingerprint density at radius 3 is 2.95 bits per heavy atom. The molecule has 0 unspecified atom stereocenters. The average Bonchev–Trinajstić information content (AvgIpc) is 2.87. The molecule has 2 aromatic heterocycles. The van der Waals surface area contributed by atoms with Crippen molar-refractivity contribution >= 4 is 28.5 Å². The first kappa shape index (κ1) is 11.4. The van der Waals surface area contributed by atoms with Crippen molar-refractivity contribution in [2.45, 2.75) is 0 Å². The van der Waals surface area contributed by atoms with E-state index >= 15 is 0 Å². The third kappa shape index (κ3) is 2.16. The van der Waals surface area contributed by atoms with Gasteiger partial charge in [0.05, 0.1) is 11.6 Å². The number of anilines is 3. The Morgan fingerprint density at radius 2 is 2.16 bits per heavy atom. The van der Waals surface area contributed by atoms with E-state index in [4.69, 9.17) is 5.84 Å². The van der Waals surface area contributed by atoms with Gasteiger partial charge < -0.3 is 5.32 Å². The monoisotopic (exact) mass is 259 g/mol. The maximum Gasteiger partial charge on any atom is 0.241 e. The van der Waals surface area contributed by atoms with Crippen LogP contribution in [0.15, 0.2) is 30.5 Å². The number of halogens is 1. The molecular formula is C11H10FN7. The van der Waals surface area contributed by atoms with Crippen LogP contribution in [0, 0.1) is 5.82 Å². The molecule has 0 atom stereocenters. The number of hydrazine groups is 1. The summed E-state index contributed by atoms with van der Waals surface area (Å²) in [6, 6.07) is 6.06. The summed E-state index contributed by atoms with van der Waals surface area (Å²) >= 11 is 0. The van der Waals surface area contributed by atoms with E-state index in [1.807, 2.05) is 0 Å². The van der Waals surface area contributed by atoms with Crippen LogP contribution >= 0.6 is 0 Å². The predicted octanol–water partition coefficient (Wildman–Crippen LogP) is 1.52. The minimum absolute atomic E-state index is 0.232. The number of benzene rings is 1. The molecule has 0 bridgehead atoms. The Balaban J connectivity index is 2.06. The number of H-pyrrole nitrogens is 1. The molecule has 0 saturated carbocycles. The second-order valence-electron chi connectivity index (χ2n) is 3.81. The Kier molecular flexibility index (Phi) is 2.69. The van der Waals surface area contributed by atoms with Crippen molar-refractivity contribution in [1.29, 1.82) is 0 Å². The van der Waals surface area contributed by atoms with E-state index in [9.17, 15) is 4.39 Å². The van der Waals surface area contributed by atoms with Crippen LogP contribution in [0.5, 0.6) is 0 Å². The lowest BCUT2D eigenvalue weighted by atomic mass is 10.3. The molecule has 0 spiro atoms. The maximum atomic E-state index is 13.1. The minimum Gasteiger partial charge on any atom is -0.339 e. The van der Waals surface area contributed by atoms with Gasteiger partial charge in [-0.1, -0.05) is 6.07 Å². The first-order chi connectivity index (χ1) is 9.26. The summed E-state index contributed by atoms with van der Waals surface area (Å²) in [5, 5.41) is 10.3. The quantitative estimate of drug-likeness (QED) is 0.420. The molecule has 0 aliphatic rings. The van der Waals surface area contributed by atoms with Gasteiger partial charge in [0.2, 0.25) is 5.95 Å². The van der Waals surface area contributed by atoms with Gasteiger partial charge in [-0.05, 0) is 18.2 Å². The zero-order valence-corrected chi connectivity index (χ0v) is 9.68. The highest BCUT2D eigenvalue weighted by Crippen LogP contribution is 2.23. The maximum absolute atomic E-state index is 13.1. The number of nitrogens with one attached hydrogen (secondary N) is 3. The fourth-order valence-electron chi connectivity index (χ4n) is 1.70. The molecule has 7 nitrogen and oxygen atoms in total. The summed E-state index contributed by atoms with van der Waals surface area (Å²) in [4.78, 5) is 8.27. The van der Waals surface area contributed by atoms with Gasteiger partial charge in [0.1, 0.15) is 11.6 Å². The van der Waals surface area contributed by atoms with Crippen LogP contribution in [-0.2, 0) is 0 Å². The van der Waals surface area contributed by atoms with Gasteiger partial charge in [-0.15, -0.1) is 0 Å². The summed E-state index contributed by atoms with van der Waals surface area (Å²) in [5.41, 5.74) is 3.47. The number of aromatic amines is 1. The summed E-state index contributed by atoms with van der Waals surface area (Å²) in [5.74, 6) is 5.68. The van der Waals surface area contributed by atoms with E-state index < -0.39 is 0 Å². The first-order valence-corrected chi connectivity index (χ1v) is 5.46. The molecule has 8 heteroatoms. The Morgan fingerprint density at radius 1 is 1.26 bits per heavy atom. The highest BCUT2D eigenvalue weighted by atomic mass is 19.1. The molecule has 5 N–H and O–H groups in total. The molecule has 0 aliphatic carbocycles. The number of nitrogen functional groups attached to an aromatic ring is 1. The van der Waals surface area contributed by atoms with Crippen LogP contribution in [0.2, 0.25) is 0 Å². The molecule has 3 rings (SSSR count). The predicted molar refractivity (Wildman–Crippen MR) is 69.2 cm³/mol. The largest absolute Gasteiger partial charge is 0.339 e. The lowest BCUT2D eigenvalue weighted by Gasteiger charge is -2.08. The van der Waals surface area contributed by atoms with Gasteiger partial charge in [0.25, 0.3) is 0 Å². The van der Waals surface area contributed by atoms with Gasteiger partial charge >= 0.3 is 0 Å². The lowest BCUT2D eigenvalue weighted by Crippen LogP contribution is -2.11. The molecule has 0 saturated heterocycles. The molecule has 1 aromatic carbocycles. The van der Waals surface area contributed by atoms with Crippen LogP contribution in [0.25, 0.3) is 11.0 Å². The second-order valence-corrected chi connectivity index (χ2v) is 3.81. The summed E-state index contributed by atoms with van der Waals surface area (Å²) in [7, 11) is 0. The highest BCUT2D eigenvalue weighted by molar-refractivity contribution is 5.88. The number of rotatable bonds is 3. The molecule has 3 aromatic rings. The zero-order chi connectivity index (χ0) is 13.2. The van der Waals surface area contributed by atoms with E-state index in [-0.39, 0.29) is 11.8 Å². The van der Waals surface area contributed by atoms with Crippen LogP contribution < -0.4 is 16.6 Å². The molecule has 19 heavy (non-hydrogen) atoms. The van der Waals surface area contributed by atoms with E-state index in [1.165, 1.54) is 12.1 Å². The molecule has 0 radical (unpaired) electrons. The molecular weight excluding hydrogens is 249 g/mol. The number of hydrogen-bond donors (Lipinski definition) is 4. The lowest BCUT2D eigenvalue weighted by molar-refractivity contribution is 0.628. The van der Waals surface area contributed by atoms with Crippen LogP contribution in [0.1, 0.15) is 0 Å². The van der Waals surface area contributed by atoms with Crippen molar-refractivity contribution in [3.05, 3.63) is 36.3 Å². The topological polar surface area (TPSA) is 105 Å². The molecule has 0 fully saturated rings. The van der Waals surface area contributed by atoms with Crippen molar-refractivity contribution < 1.29 is 4.39 Å². The zero-order valence-electron chi connectivity index (χ0n) is 9.68. The van der Waals surface area contributed by atoms with E-state index in [0.717, 1.165) is 0 Å². The number of fused-ring (bicyclic) bond motifs is 1. The third-order valence-corrected chi connectivity index (χ3v) is 2.53. The number of aromatic nitrogens is 4. The number of nitrogens with two attached hydrogens (primary N) is 1. The Hall–Kier alpha value is -2.74. The van der Waals surface area contributed by atoms with Gasteiger partial charge in [-0.25, -0.2) is 10.2 Å². The van der Waals surface area contributed by atoms with Crippen molar-refractivity contribution in [3.63, 3.8) is 0 Å². The average molecular weight is 259 g/mol. The molecule has 0 aliphatic heterocycles. The van der Waals surface area contributed by atoms with Crippen LogP contribution in [-0.4, -0.2) is 20.2 Å². The standard InChI is InChI=1S/C11H10FN7/c12-6-2-1-3-7(4-6)15-9-8-5-14-19-10(8)17-11(16-9)18-13/h1-5H,13H2,(H3,14,15,16,17,18,19). The van der Waals surface area contributed by atoms with Crippen molar-refractivity contribution in [3.8, 4) is 0 Å². The fourth-order valence-corrected chi connectivity index (χ4v) is 1.70. The fraction of sp³-hybridized carbons (Fsp3) is 0.